The Balaban J connectivity index is 2.25. The summed E-state index contributed by atoms with van der Waals surface area (Å²) in [6.07, 6.45) is 2.66. The third kappa shape index (κ3) is 4.73. The predicted molar refractivity (Wildman–Crippen MR) is 92.4 cm³/mol. The molecule has 5 heteroatoms. The maximum absolute atomic E-state index is 13.1. The highest BCUT2D eigenvalue weighted by Gasteiger charge is 2.34. The molecule has 1 radical (unpaired) electrons. The van der Waals surface area contributed by atoms with Crippen LogP contribution in [-0.4, -0.2) is 47.5 Å². The van der Waals surface area contributed by atoms with Crippen LogP contribution in [0.15, 0.2) is 24.3 Å². The van der Waals surface area contributed by atoms with Gasteiger partial charge in [-0.25, -0.2) is 4.79 Å². The van der Waals surface area contributed by atoms with Crippen LogP contribution in [0.4, 0.5) is 4.79 Å². The number of hydrogen-bond acceptors (Lipinski definition) is 3. The molecule has 0 aliphatic carbocycles. The number of carbonyl (C=O) groups is 2. The Morgan fingerprint density at radius 3 is 2.42 bits per heavy atom. The summed E-state index contributed by atoms with van der Waals surface area (Å²) in [6, 6.07) is 9.67. The lowest BCUT2D eigenvalue weighted by Gasteiger charge is -2.35. The van der Waals surface area contributed by atoms with E-state index < -0.39 is 17.7 Å². The maximum Gasteiger partial charge on any atom is 0.410 e. The number of carbonyl (C=O) groups excluding carboxylic acids is 2. The van der Waals surface area contributed by atoms with Gasteiger partial charge in [0.15, 0.2) is 0 Å². The minimum atomic E-state index is -0.709. The van der Waals surface area contributed by atoms with Crippen molar-refractivity contribution in [1.82, 2.24) is 9.80 Å². The van der Waals surface area contributed by atoms with Gasteiger partial charge in [-0.15, -0.1) is 0 Å². The van der Waals surface area contributed by atoms with Gasteiger partial charge < -0.3 is 9.64 Å². The van der Waals surface area contributed by atoms with Gasteiger partial charge in [0.05, 0.1) is 0 Å². The summed E-state index contributed by atoms with van der Waals surface area (Å²) in [6.45, 7) is 6.92. The highest BCUT2D eigenvalue weighted by Crippen LogP contribution is 2.25. The van der Waals surface area contributed by atoms with Gasteiger partial charge >= 0.3 is 6.09 Å². The minimum absolute atomic E-state index is 0.0643. The first-order chi connectivity index (χ1) is 11.3. The molecule has 1 aromatic carbocycles. The average Bonchev–Trinajstić information content (AvgIpc) is 2.55. The van der Waals surface area contributed by atoms with E-state index in [-0.39, 0.29) is 5.91 Å². The predicted octanol–water partition coefficient (Wildman–Crippen LogP) is 3.41. The fraction of sp³-hybridized carbons (Fsp3) is 0.579. The van der Waals surface area contributed by atoms with Crippen molar-refractivity contribution in [3.05, 3.63) is 35.9 Å². The first kappa shape index (κ1) is 18.3. The van der Waals surface area contributed by atoms with Crippen molar-refractivity contribution in [2.75, 3.05) is 20.1 Å². The lowest BCUT2D eigenvalue weighted by molar-refractivity contribution is -0.137. The summed E-state index contributed by atoms with van der Waals surface area (Å²) in [5, 5.41) is 0. The van der Waals surface area contributed by atoms with Gasteiger partial charge in [-0.05, 0) is 51.7 Å². The standard InChI is InChI=1S/C19H27N2O3/c1-19(2,3)24-18(23)20(4)16(15-11-7-5-8-12-15)17(22)21-13-9-6-10-14-21/h5,7-8,11,16H,6,9-10,13-14H2,1-4H3. The van der Waals surface area contributed by atoms with Crippen LogP contribution < -0.4 is 0 Å². The van der Waals surface area contributed by atoms with Crippen molar-refractivity contribution >= 4 is 12.0 Å². The number of likely N-dealkylation sites (tertiary alicyclic amines) is 1. The second-order valence-corrected chi connectivity index (χ2v) is 7.20. The molecule has 1 fully saturated rings. The molecule has 131 valence electrons. The first-order valence-corrected chi connectivity index (χ1v) is 8.51. The number of likely N-dealkylation sites (N-methyl/N-ethyl adjacent to an activating group) is 1. The SMILES string of the molecule is CN(C(=O)OC(C)(C)C)C(C(=O)N1CCCCC1)c1[c]cccc1. The molecule has 2 rings (SSSR count). The van der Waals surface area contributed by atoms with Crippen LogP contribution in [0.25, 0.3) is 0 Å². The van der Waals surface area contributed by atoms with Crippen LogP contribution in [-0.2, 0) is 9.53 Å². The maximum atomic E-state index is 13.1. The lowest BCUT2D eigenvalue weighted by atomic mass is 10.0. The number of piperidine rings is 1. The van der Waals surface area contributed by atoms with Crippen LogP contribution in [0.5, 0.6) is 0 Å². The molecular weight excluding hydrogens is 304 g/mol. The summed E-state index contributed by atoms with van der Waals surface area (Å²) < 4.78 is 5.44. The average molecular weight is 331 g/mol. The van der Waals surface area contributed by atoms with Crippen molar-refractivity contribution in [3.63, 3.8) is 0 Å². The van der Waals surface area contributed by atoms with Gasteiger partial charge in [-0.1, -0.05) is 24.3 Å². The van der Waals surface area contributed by atoms with Crippen molar-refractivity contribution in [2.24, 2.45) is 0 Å². The van der Waals surface area contributed by atoms with Gasteiger partial charge in [-0.2, -0.15) is 0 Å². The minimum Gasteiger partial charge on any atom is -0.444 e. The van der Waals surface area contributed by atoms with Crippen molar-refractivity contribution in [1.29, 1.82) is 0 Å². The molecule has 2 amide bonds. The van der Waals surface area contributed by atoms with E-state index in [1.165, 1.54) is 4.90 Å². The third-order valence-corrected chi connectivity index (χ3v) is 4.00. The van der Waals surface area contributed by atoms with E-state index >= 15 is 0 Å². The van der Waals surface area contributed by atoms with Gasteiger partial charge in [-0.3, -0.25) is 9.69 Å². The lowest BCUT2D eigenvalue weighted by Crippen LogP contribution is -2.46. The highest BCUT2D eigenvalue weighted by atomic mass is 16.6. The number of nitrogens with zero attached hydrogens (tertiary/aromatic N) is 2. The van der Waals surface area contributed by atoms with E-state index in [1.54, 1.807) is 13.1 Å². The number of rotatable bonds is 3. The zero-order valence-corrected chi connectivity index (χ0v) is 15.0. The molecule has 5 nitrogen and oxygen atoms in total. The summed E-state index contributed by atoms with van der Waals surface area (Å²) in [5.74, 6) is -0.0643. The Hall–Kier alpha value is -2.04. The molecule has 1 heterocycles. The third-order valence-electron chi connectivity index (χ3n) is 4.00. The zero-order chi connectivity index (χ0) is 17.7. The van der Waals surface area contributed by atoms with Gasteiger partial charge in [0.25, 0.3) is 0 Å². The number of hydrogen-bond donors (Lipinski definition) is 0. The molecule has 0 saturated carbocycles. The Labute approximate surface area is 144 Å². The number of amides is 2. The Morgan fingerprint density at radius 1 is 1.21 bits per heavy atom. The first-order valence-electron chi connectivity index (χ1n) is 8.51. The Morgan fingerprint density at radius 2 is 1.88 bits per heavy atom. The normalized spacial score (nSPS) is 16.4. The monoisotopic (exact) mass is 331 g/mol. The summed E-state index contributed by atoms with van der Waals surface area (Å²) >= 11 is 0. The molecule has 24 heavy (non-hydrogen) atoms. The van der Waals surface area contributed by atoms with E-state index in [9.17, 15) is 9.59 Å². The van der Waals surface area contributed by atoms with Crippen LogP contribution in [0, 0.1) is 6.07 Å². The van der Waals surface area contributed by atoms with Crippen molar-refractivity contribution < 1.29 is 14.3 Å². The molecule has 0 N–H and O–H groups in total. The second-order valence-electron chi connectivity index (χ2n) is 7.20. The van der Waals surface area contributed by atoms with Crippen molar-refractivity contribution in [3.8, 4) is 0 Å². The van der Waals surface area contributed by atoms with E-state index in [2.05, 4.69) is 6.07 Å². The molecular formula is C19H27N2O3. The van der Waals surface area contributed by atoms with Gasteiger partial charge in [0, 0.05) is 20.1 Å². The van der Waals surface area contributed by atoms with E-state index in [0.717, 1.165) is 32.4 Å². The fourth-order valence-corrected chi connectivity index (χ4v) is 2.81. The highest BCUT2D eigenvalue weighted by molar-refractivity contribution is 5.87. The quantitative estimate of drug-likeness (QED) is 0.853. The topological polar surface area (TPSA) is 49.9 Å². The Bertz CT molecular complexity index is 560. The van der Waals surface area contributed by atoms with E-state index in [1.807, 2.05) is 43.9 Å². The summed E-state index contributed by atoms with van der Waals surface area (Å²) in [5.41, 5.74) is 0.0752. The van der Waals surface area contributed by atoms with E-state index in [4.69, 9.17) is 4.74 Å². The summed E-state index contributed by atoms with van der Waals surface area (Å²) in [7, 11) is 1.61. The molecule has 0 bridgehead atoms. The van der Waals surface area contributed by atoms with E-state index in [0.29, 0.717) is 5.56 Å². The number of ether oxygens (including phenoxy) is 1. The molecule has 0 spiro atoms. The molecule has 1 unspecified atom stereocenters. The van der Waals surface area contributed by atoms with Crippen LogP contribution in [0.3, 0.4) is 0 Å². The fourth-order valence-electron chi connectivity index (χ4n) is 2.81. The molecule has 0 aromatic heterocycles. The number of benzene rings is 1. The molecule has 1 aliphatic rings. The van der Waals surface area contributed by atoms with Crippen LogP contribution >= 0.6 is 0 Å². The Kier molecular flexibility index (Phi) is 5.86. The summed E-state index contributed by atoms with van der Waals surface area (Å²) in [4.78, 5) is 28.8. The smallest absolute Gasteiger partial charge is 0.410 e. The van der Waals surface area contributed by atoms with Crippen LogP contribution in [0.2, 0.25) is 0 Å². The largest absolute Gasteiger partial charge is 0.444 e. The van der Waals surface area contributed by atoms with Gasteiger partial charge in [0.1, 0.15) is 11.6 Å². The molecule has 1 atom stereocenters. The second kappa shape index (κ2) is 7.69. The molecule has 1 aliphatic heterocycles. The van der Waals surface area contributed by atoms with Crippen molar-refractivity contribution in [2.45, 2.75) is 51.7 Å². The molecule has 1 saturated heterocycles. The van der Waals surface area contributed by atoms with Gasteiger partial charge in [0.2, 0.25) is 5.91 Å². The van der Waals surface area contributed by atoms with Crippen LogP contribution in [0.1, 0.15) is 51.6 Å². The molecule has 1 aromatic rings. The zero-order valence-electron chi connectivity index (χ0n) is 15.0.